The Bertz CT molecular complexity index is 871. The Morgan fingerprint density at radius 2 is 2.04 bits per heavy atom. The number of fused-ring (bicyclic) bond motifs is 1. The van der Waals surface area contributed by atoms with Gasteiger partial charge >= 0.3 is 0 Å². The smallest absolute Gasteiger partial charge is 0.173 e. The monoisotopic (exact) mass is 322 g/mol. The molecular formula is C18H18N4O2. The van der Waals surface area contributed by atoms with Crippen molar-refractivity contribution in [2.75, 3.05) is 19.0 Å². The van der Waals surface area contributed by atoms with Gasteiger partial charge in [0.05, 0.1) is 19.9 Å². The van der Waals surface area contributed by atoms with Crippen LogP contribution in [0.25, 0.3) is 11.1 Å². The molecule has 0 saturated carbocycles. The second-order valence-electron chi connectivity index (χ2n) is 5.68. The lowest BCUT2D eigenvalue weighted by atomic mass is 10.0. The number of benzene rings is 1. The molecule has 0 spiro atoms. The number of pyridine rings is 1. The molecule has 0 amide bonds. The maximum atomic E-state index is 5.84. The molecule has 6 heteroatoms. The number of nitrogens with one attached hydrogen (secondary N) is 1. The van der Waals surface area contributed by atoms with Crippen molar-refractivity contribution >= 4 is 11.5 Å². The van der Waals surface area contributed by atoms with Gasteiger partial charge in [0.1, 0.15) is 5.75 Å². The lowest BCUT2D eigenvalue weighted by Gasteiger charge is -2.12. The van der Waals surface area contributed by atoms with Crippen LogP contribution in [0.4, 0.5) is 11.5 Å². The topological polar surface area (TPSA) is 61.2 Å². The Kier molecular flexibility index (Phi) is 3.57. The zero-order valence-electron chi connectivity index (χ0n) is 13.6. The van der Waals surface area contributed by atoms with Crippen molar-refractivity contribution in [3.05, 3.63) is 48.4 Å². The van der Waals surface area contributed by atoms with Crippen LogP contribution in [-0.2, 0) is 13.5 Å². The molecule has 1 aliphatic rings. The molecule has 24 heavy (non-hydrogen) atoms. The van der Waals surface area contributed by atoms with E-state index in [4.69, 9.17) is 9.47 Å². The van der Waals surface area contributed by atoms with Gasteiger partial charge in [-0.1, -0.05) is 0 Å². The number of anilines is 2. The number of rotatable bonds is 4. The number of nitrogens with zero attached hydrogens (tertiary/aromatic N) is 3. The lowest BCUT2D eigenvalue weighted by molar-refractivity contribution is 0.357. The van der Waals surface area contributed by atoms with E-state index < -0.39 is 0 Å². The van der Waals surface area contributed by atoms with Crippen molar-refractivity contribution in [3.63, 3.8) is 0 Å². The molecule has 0 atom stereocenters. The summed E-state index contributed by atoms with van der Waals surface area (Å²) >= 11 is 0. The normalized spacial score (nSPS) is 12.6. The third-order valence-corrected chi connectivity index (χ3v) is 4.10. The Morgan fingerprint density at radius 1 is 1.21 bits per heavy atom. The zero-order chi connectivity index (χ0) is 16.5. The number of ether oxygens (including phenoxy) is 2. The minimum atomic E-state index is 0.672. The van der Waals surface area contributed by atoms with E-state index in [9.17, 15) is 0 Å². The molecule has 3 heterocycles. The molecule has 0 aliphatic carbocycles. The third kappa shape index (κ3) is 2.56. The first-order chi connectivity index (χ1) is 11.7. The summed E-state index contributed by atoms with van der Waals surface area (Å²) in [4.78, 5) is 4.57. The molecule has 1 aliphatic heterocycles. The summed E-state index contributed by atoms with van der Waals surface area (Å²) in [6.45, 7) is 0.672. The Labute approximate surface area is 140 Å². The first kappa shape index (κ1) is 14.6. The summed E-state index contributed by atoms with van der Waals surface area (Å²) < 4.78 is 12.8. The molecule has 2 aromatic heterocycles. The Balaban J connectivity index is 1.68. The van der Waals surface area contributed by atoms with E-state index in [0.717, 1.165) is 40.6 Å². The second kappa shape index (κ2) is 5.88. The SMILES string of the molecule is COc1ccc(Nc2ncc(-c3cnn(C)c3)c3c2OCC3)cc1. The average molecular weight is 322 g/mol. The van der Waals surface area contributed by atoms with Crippen molar-refractivity contribution in [3.8, 4) is 22.6 Å². The quantitative estimate of drug-likeness (QED) is 0.799. The molecule has 6 nitrogen and oxygen atoms in total. The van der Waals surface area contributed by atoms with Crippen LogP contribution in [0.2, 0.25) is 0 Å². The summed E-state index contributed by atoms with van der Waals surface area (Å²) in [6, 6.07) is 7.73. The zero-order valence-corrected chi connectivity index (χ0v) is 13.6. The van der Waals surface area contributed by atoms with Gasteiger partial charge in [0.25, 0.3) is 0 Å². The van der Waals surface area contributed by atoms with Crippen LogP contribution >= 0.6 is 0 Å². The largest absolute Gasteiger partial charge is 0.497 e. The highest BCUT2D eigenvalue weighted by atomic mass is 16.5. The van der Waals surface area contributed by atoms with Crippen LogP contribution in [0.1, 0.15) is 5.56 Å². The van der Waals surface area contributed by atoms with Gasteiger partial charge in [-0.25, -0.2) is 4.98 Å². The van der Waals surface area contributed by atoms with E-state index in [1.165, 1.54) is 5.56 Å². The van der Waals surface area contributed by atoms with Gasteiger partial charge < -0.3 is 14.8 Å². The van der Waals surface area contributed by atoms with E-state index >= 15 is 0 Å². The predicted molar refractivity (Wildman–Crippen MR) is 91.9 cm³/mol. The van der Waals surface area contributed by atoms with E-state index in [1.54, 1.807) is 11.8 Å². The lowest BCUT2D eigenvalue weighted by Crippen LogP contribution is -1.98. The molecule has 0 fully saturated rings. The highest BCUT2D eigenvalue weighted by Gasteiger charge is 2.23. The molecule has 4 rings (SSSR count). The highest BCUT2D eigenvalue weighted by molar-refractivity contribution is 5.75. The number of hydrogen-bond donors (Lipinski definition) is 1. The van der Waals surface area contributed by atoms with Gasteiger partial charge in [-0.2, -0.15) is 5.10 Å². The number of hydrogen-bond acceptors (Lipinski definition) is 5. The fourth-order valence-corrected chi connectivity index (χ4v) is 2.90. The maximum Gasteiger partial charge on any atom is 0.173 e. The molecule has 0 unspecified atom stereocenters. The standard InChI is InChI=1S/C18H18N4O2/c1-22-11-12(9-20-22)16-10-19-18(17-15(16)7-8-24-17)21-13-3-5-14(23-2)6-4-13/h3-6,9-11H,7-8H2,1-2H3,(H,19,21). The molecule has 0 bridgehead atoms. The first-order valence-electron chi connectivity index (χ1n) is 7.79. The van der Waals surface area contributed by atoms with Crippen LogP contribution in [0, 0.1) is 0 Å². The van der Waals surface area contributed by atoms with Gasteiger partial charge in [-0.15, -0.1) is 0 Å². The fourth-order valence-electron chi connectivity index (χ4n) is 2.90. The van der Waals surface area contributed by atoms with Gasteiger partial charge in [0, 0.05) is 48.2 Å². The van der Waals surface area contributed by atoms with Crippen LogP contribution in [0.3, 0.4) is 0 Å². The predicted octanol–water partition coefficient (Wildman–Crippen LogP) is 3.17. The minimum Gasteiger partial charge on any atom is -0.497 e. The Morgan fingerprint density at radius 3 is 2.75 bits per heavy atom. The van der Waals surface area contributed by atoms with Gasteiger partial charge in [0.15, 0.2) is 11.6 Å². The molecule has 1 aromatic carbocycles. The van der Waals surface area contributed by atoms with E-state index in [2.05, 4.69) is 15.4 Å². The molecule has 0 radical (unpaired) electrons. The number of aryl methyl sites for hydroxylation is 1. The number of aromatic nitrogens is 3. The number of methoxy groups -OCH3 is 1. The van der Waals surface area contributed by atoms with Crippen LogP contribution in [0.15, 0.2) is 42.9 Å². The molecular weight excluding hydrogens is 304 g/mol. The minimum absolute atomic E-state index is 0.672. The fraction of sp³-hybridized carbons (Fsp3) is 0.222. The van der Waals surface area contributed by atoms with Gasteiger partial charge in [-0.3, -0.25) is 4.68 Å². The Hall–Kier alpha value is -3.02. The van der Waals surface area contributed by atoms with Crippen LogP contribution in [-0.4, -0.2) is 28.5 Å². The summed E-state index contributed by atoms with van der Waals surface area (Å²) in [5.41, 5.74) is 4.25. The van der Waals surface area contributed by atoms with Crippen molar-refractivity contribution in [1.82, 2.24) is 14.8 Å². The summed E-state index contributed by atoms with van der Waals surface area (Å²) in [6.07, 6.45) is 6.61. The maximum absolute atomic E-state index is 5.84. The van der Waals surface area contributed by atoms with Gasteiger partial charge in [0.2, 0.25) is 0 Å². The van der Waals surface area contributed by atoms with Crippen molar-refractivity contribution in [1.29, 1.82) is 0 Å². The van der Waals surface area contributed by atoms with E-state index in [0.29, 0.717) is 6.61 Å². The van der Waals surface area contributed by atoms with Crippen LogP contribution in [0.5, 0.6) is 11.5 Å². The molecule has 1 N–H and O–H groups in total. The summed E-state index contributed by atoms with van der Waals surface area (Å²) in [7, 11) is 3.56. The van der Waals surface area contributed by atoms with E-state index in [-0.39, 0.29) is 0 Å². The van der Waals surface area contributed by atoms with Crippen LogP contribution < -0.4 is 14.8 Å². The van der Waals surface area contributed by atoms with Crippen molar-refractivity contribution in [2.45, 2.75) is 6.42 Å². The summed E-state index contributed by atoms with van der Waals surface area (Å²) in [5, 5.41) is 7.57. The average Bonchev–Trinajstić information content (AvgIpc) is 3.25. The summed E-state index contributed by atoms with van der Waals surface area (Å²) in [5.74, 6) is 2.38. The van der Waals surface area contributed by atoms with Crippen molar-refractivity contribution < 1.29 is 9.47 Å². The van der Waals surface area contributed by atoms with Crippen molar-refractivity contribution in [2.24, 2.45) is 7.05 Å². The second-order valence-corrected chi connectivity index (χ2v) is 5.68. The molecule has 122 valence electrons. The highest BCUT2D eigenvalue weighted by Crippen LogP contribution is 2.39. The van der Waals surface area contributed by atoms with Gasteiger partial charge in [-0.05, 0) is 24.3 Å². The van der Waals surface area contributed by atoms with E-state index in [1.807, 2.05) is 49.9 Å². The molecule has 3 aromatic rings. The third-order valence-electron chi connectivity index (χ3n) is 4.10. The first-order valence-corrected chi connectivity index (χ1v) is 7.79. The molecule has 0 saturated heterocycles.